The Hall–Kier alpha value is -2.26. The average Bonchev–Trinajstić information content (AvgIpc) is 2.97. The Kier molecular flexibility index (Phi) is 4.26. The van der Waals surface area contributed by atoms with E-state index in [0.717, 1.165) is 26.3 Å². The van der Waals surface area contributed by atoms with Gasteiger partial charge in [-0.05, 0) is 29.3 Å². The second-order valence-corrected chi connectivity index (χ2v) is 7.75. The molecule has 0 saturated carbocycles. The van der Waals surface area contributed by atoms with Gasteiger partial charge < -0.3 is 9.47 Å². The van der Waals surface area contributed by atoms with Crippen molar-refractivity contribution in [2.75, 3.05) is 25.2 Å². The van der Waals surface area contributed by atoms with Gasteiger partial charge in [0.25, 0.3) is 0 Å². The molecule has 0 amide bonds. The smallest absolute Gasteiger partial charge is 0.0708 e. The van der Waals surface area contributed by atoms with Crippen molar-refractivity contribution in [2.45, 2.75) is 26.9 Å². The van der Waals surface area contributed by atoms with E-state index >= 15 is 0 Å². The standard InChI is InChI=1S/C22H27N3/c1-17(2)11-25-16-23(3)12-20-14-24(15-22(20)25)13-19-9-6-8-18-7-4-5-10-21(18)19/h4-10,14-15,17H,11-13,16H2,1-3H3. The number of anilines is 1. The third kappa shape index (κ3) is 3.29. The lowest BCUT2D eigenvalue weighted by atomic mass is 10.0. The lowest BCUT2D eigenvalue weighted by Gasteiger charge is -2.35. The lowest BCUT2D eigenvalue weighted by Crippen LogP contribution is -2.41. The maximum absolute atomic E-state index is 2.52. The fourth-order valence-electron chi connectivity index (χ4n) is 3.97. The van der Waals surface area contributed by atoms with Gasteiger partial charge in [0, 0.05) is 37.6 Å². The van der Waals surface area contributed by atoms with Crippen molar-refractivity contribution in [3.63, 3.8) is 0 Å². The monoisotopic (exact) mass is 333 g/mol. The van der Waals surface area contributed by atoms with Gasteiger partial charge in [-0.2, -0.15) is 0 Å². The quantitative estimate of drug-likeness (QED) is 0.694. The minimum atomic E-state index is 0.667. The van der Waals surface area contributed by atoms with E-state index in [1.54, 1.807) is 0 Å². The van der Waals surface area contributed by atoms with E-state index in [1.165, 1.54) is 27.6 Å². The number of rotatable bonds is 4. The number of fused-ring (bicyclic) bond motifs is 2. The molecule has 0 aliphatic carbocycles. The maximum atomic E-state index is 2.52. The molecule has 3 heteroatoms. The molecule has 4 rings (SSSR count). The normalized spacial score (nSPS) is 15.1. The highest BCUT2D eigenvalue weighted by atomic mass is 15.3. The SMILES string of the molecule is CC(C)CN1CN(C)Cc2cn(Cc3cccc4ccccc34)cc21. The summed E-state index contributed by atoms with van der Waals surface area (Å²) < 4.78 is 2.36. The molecule has 0 spiro atoms. The molecule has 1 aromatic heterocycles. The van der Waals surface area contributed by atoms with Crippen LogP contribution in [0.2, 0.25) is 0 Å². The van der Waals surface area contributed by atoms with Crippen LogP contribution in [0.1, 0.15) is 25.0 Å². The molecule has 0 fully saturated rings. The van der Waals surface area contributed by atoms with Gasteiger partial charge in [0.05, 0.1) is 12.4 Å². The lowest BCUT2D eigenvalue weighted by molar-refractivity contribution is 0.304. The van der Waals surface area contributed by atoms with Gasteiger partial charge >= 0.3 is 0 Å². The first kappa shape index (κ1) is 16.2. The third-order valence-electron chi connectivity index (χ3n) is 4.95. The summed E-state index contributed by atoms with van der Waals surface area (Å²) in [5.74, 6) is 0.667. The topological polar surface area (TPSA) is 11.4 Å². The third-order valence-corrected chi connectivity index (χ3v) is 4.95. The van der Waals surface area contributed by atoms with Crippen LogP contribution in [-0.4, -0.2) is 29.7 Å². The molecule has 0 bridgehead atoms. The highest BCUT2D eigenvalue weighted by Crippen LogP contribution is 2.29. The summed E-state index contributed by atoms with van der Waals surface area (Å²) in [7, 11) is 2.21. The number of aromatic nitrogens is 1. The van der Waals surface area contributed by atoms with Crippen molar-refractivity contribution >= 4 is 16.5 Å². The van der Waals surface area contributed by atoms with Crippen LogP contribution < -0.4 is 4.90 Å². The van der Waals surface area contributed by atoms with Gasteiger partial charge in [0.1, 0.15) is 0 Å². The Balaban J connectivity index is 1.66. The average molecular weight is 333 g/mol. The van der Waals surface area contributed by atoms with Gasteiger partial charge in [0.2, 0.25) is 0 Å². The Morgan fingerprint density at radius 2 is 1.80 bits per heavy atom. The van der Waals surface area contributed by atoms with E-state index in [4.69, 9.17) is 0 Å². The summed E-state index contributed by atoms with van der Waals surface area (Å²) in [6.07, 6.45) is 4.67. The zero-order valence-corrected chi connectivity index (χ0v) is 15.4. The summed E-state index contributed by atoms with van der Waals surface area (Å²) >= 11 is 0. The second-order valence-electron chi connectivity index (χ2n) is 7.75. The molecule has 0 atom stereocenters. The van der Waals surface area contributed by atoms with Gasteiger partial charge in [-0.15, -0.1) is 0 Å². The minimum Gasteiger partial charge on any atom is -0.357 e. The molecule has 0 unspecified atom stereocenters. The van der Waals surface area contributed by atoms with E-state index in [2.05, 4.69) is 90.1 Å². The van der Waals surface area contributed by atoms with Gasteiger partial charge in [0.15, 0.2) is 0 Å². The summed E-state index contributed by atoms with van der Waals surface area (Å²) in [5.41, 5.74) is 4.23. The first-order chi connectivity index (χ1) is 12.1. The maximum Gasteiger partial charge on any atom is 0.0708 e. The fourth-order valence-corrected chi connectivity index (χ4v) is 3.97. The molecular weight excluding hydrogens is 306 g/mol. The fraction of sp³-hybridized carbons (Fsp3) is 0.364. The van der Waals surface area contributed by atoms with Crippen LogP contribution in [0.25, 0.3) is 10.8 Å². The van der Waals surface area contributed by atoms with Crippen molar-refractivity contribution in [3.05, 3.63) is 66.0 Å². The number of hydrogen-bond donors (Lipinski definition) is 0. The van der Waals surface area contributed by atoms with Crippen molar-refractivity contribution in [2.24, 2.45) is 5.92 Å². The van der Waals surface area contributed by atoms with Crippen LogP contribution in [0.4, 0.5) is 5.69 Å². The molecule has 0 radical (unpaired) electrons. The van der Waals surface area contributed by atoms with Crippen LogP contribution in [0.3, 0.4) is 0 Å². The molecular formula is C22H27N3. The van der Waals surface area contributed by atoms with Gasteiger partial charge in [-0.25, -0.2) is 0 Å². The van der Waals surface area contributed by atoms with Gasteiger partial charge in [-0.3, -0.25) is 4.90 Å². The largest absolute Gasteiger partial charge is 0.357 e. The van der Waals surface area contributed by atoms with Crippen LogP contribution in [0.5, 0.6) is 0 Å². The first-order valence-corrected chi connectivity index (χ1v) is 9.19. The molecule has 1 aliphatic rings. The van der Waals surface area contributed by atoms with E-state index in [9.17, 15) is 0 Å². The summed E-state index contributed by atoms with van der Waals surface area (Å²) in [5, 5.41) is 2.67. The van der Waals surface area contributed by atoms with Crippen LogP contribution in [-0.2, 0) is 13.1 Å². The predicted molar refractivity (Wildman–Crippen MR) is 106 cm³/mol. The van der Waals surface area contributed by atoms with Crippen molar-refractivity contribution in [1.82, 2.24) is 9.47 Å². The Labute approximate surface area is 150 Å². The summed E-state index contributed by atoms with van der Waals surface area (Å²) in [6.45, 7) is 8.67. The molecule has 3 aromatic rings. The van der Waals surface area contributed by atoms with Gasteiger partial charge in [-0.1, -0.05) is 56.3 Å². The minimum absolute atomic E-state index is 0.667. The van der Waals surface area contributed by atoms with E-state index in [-0.39, 0.29) is 0 Å². The van der Waals surface area contributed by atoms with Crippen molar-refractivity contribution in [3.8, 4) is 0 Å². The van der Waals surface area contributed by atoms with Crippen molar-refractivity contribution < 1.29 is 0 Å². The first-order valence-electron chi connectivity index (χ1n) is 9.19. The molecule has 2 heterocycles. The molecule has 0 saturated heterocycles. The Bertz CT molecular complexity index is 873. The van der Waals surface area contributed by atoms with Crippen LogP contribution in [0, 0.1) is 5.92 Å². The number of benzene rings is 2. The van der Waals surface area contributed by atoms with E-state index < -0.39 is 0 Å². The zero-order valence-electron chi connectivity index (χ0n) is 15.4. The predicted octanol–water partition coefficient (Wildman–Crippen LogP) is 4.55. The zero-order chi connectivity index (χ0) is 17.4. The van der Waals surface area contributed by atoms with E-state index in [1.807, 2.05) is 0 Å². The molecule has 25 heavy (non-hydrogen) atoms. The highest BCUT2D eigenvalue weighted by molar-refractivity contribution is 5.85. The van der Waals surface area contributed by atoms with Crippen LogP contribution >= 0.6 is 0 Å². The van der Waals surface area contributed by atoms with Crippen LogP contribution in [0.15, 0.2) is 54.9 Å². The Morgan fingerprint density at radius 1 is 1.00 bits per heavy atom. The number of hydrogen-bond acceptors (Lipinski definition) is 2. The molecule has 0 N–H and O–H groups in total. The molecule has 3 nitrogen and oxygen atoms in total. The molecule has 1 aliphatic heterocycles. The number of nitrogens with zero attached hydrogens (tertiary/aromatic N) is 3. The molecule has 2 aromatic carbocycles. The summed E-state index contributed by atoms with van der Waals surface area (Å²) in [6, 6.07) is 15.3. The van der Waals surface area contributed by atoms with Crippen molar-refractivity contribution in [1.29, 1.82) is 0 Å². The summed E-state index contributed by atoms with van der Waals surface area (Å²) in [4.78, 5) is 4.91. The Morgan fingerprint density at radius 3 is 2.64 bits per heavy atom. The van der Waals surface area contributed by atoms with E-state index in [0.29, 0.717) is 5.92 Å². The highest BCUT2D eigenvalue weighted by Gasteiger charge is 2.22. The second kappa shape index (κ2) is 6.57. The molecule has 130 valence electrons.